The van der Waals surface area contributed by atoms with Crippen LogP contribution in [0.15, 0.2) is 48.8 Å². The zero-order chi connectivity index (χ0) is 18.5. The molecule has 1 atom stereocenters. The number of piperazine rings is 1. The third kappa shape index (κ3) is 4.00. The fourth-order valence-electron chi connectivity index (χ4n) is 2.95. The molecule has 1 fully saturated rings. The zero-order valence-electron chi connectivity index (χ0n) is 15.0. The second kappa shape index (κ2) is 7.97. The first-order chi connectivity index (χ1) is 12.6. The maximum absolute atomic E-state index is 13.1. The summed E-state index contributed by atoms with van der Waals surface area (Å²) in [6.07, 6.45) is 3.52. The Balaban J connectivity index is 1.82. The van der Waals surface area contributed by atoms with Gasteiger partial charge in [-0.25, -0.2) is 4.79 Å². The lowest BCUT2D eigenvalue weighted by Gasteiger charge is -2.36. The summed E-state index contributed by atoms with van der Waals surface area (Å²) in [7, 11) is 3.34. The van der Waals surface area contributed by atoms with E-state index >= 15 is 0 Å². The number of carbonyl (C=O) groups excluding carboxylic acids is 2. The molecule has 26 heavy (non-hydrogen) atoms. The van der Waals surface area contributed by atoms with Crippen LogP contribution in [0.1, 0.15) is 22.0 Å². The van der Waals surface area contributed by atoms with Crippen LogP contribution in [0, 0.1) is 0 Å². The van der Waals surface area contributed by atoms with E-state index in [1.165, 1.54) is 4.90 Å². The molecule has 7 heteroatoms. The topological polar surface area (TPSA) is 77.6 Å². The van der Waals surface area contributed by atoms with E-state index in [0.29, 0.717) is 24.3 Å². The molecule has 3 amide bonds. The third-order valence-corrected chi connectivity index (χ3v) is 4.34. The van der Waals surface area contributed by atoms with E-state index in [1.807, 2.05) is 17.0 Å². The van der Waals surface area contributed by atoms with Crippen molar-refractivity contribution >= 4 is 17.6 Å². The van der Waals surface area contributed by atoms with Crippen LogP contribution in [0.3, 0.4) is 0 Å². The van der Waals surface area contributed by atoms with Gasteiger partial charge >= 0.3 is 6.03 Å². The largest absolute Gasteiger partial charge is 0.331 e. The molecule has 0 bridgehead atoms. The number of amides is 3. The Hall–Kier alpha value is -2.93. The Morgan fingerprint density at radius 2 is 2.12 bits per heavy atom. The SMILES string of the molecule is CN(C)C(=O)Nc1cccc(C(=O)N2CCNCC2c2cccnc2)c1. The van der Waals surface area contributed by atoms with E-state index in [0.717, 1.165) is 12.1 Å². The monoisotopic (exact) mass is 353 g/mol. The highest BCUT2D eigenvalue weighted by atomic mass is 16.2. The van der Waals surface area contributed by atoms with Gasteiger partial charge in [0, 0.05) is 57.4 Å². The molecule has 2 heterocycles. The van der Waals surface area contributed by atoms with Crippen LogP contribution < -0.4 is 10.6 Å². The van der Waals surface area contributed by atoms with E-state index < -0.39 is 0 Å². The molecule has 0 aliphatic carbocycles. The first-order valence-electron chi connectivity index (χ1n) is 8.56. The Labute approximate surface area is 153 Å². The maximum Gasteiger partial charge on any atom is 0.321 e. The predicted octanol–water partition coefficient (Wildman–Crippen LogP) is 1.96. The van der Waals surface area contributed by atoms with Crippen LogP contribution in [-0.2, 0) is 0 Å². The van der Waals surface area contributed by atoms with Crippen LogP contribution >= 0.6 is 0 Å². The molecule has 1 aliphatic heterocycles. The maximum atomic E-state index is 13.1. The molecule has 0 radical (unpaired) electrons. The summed E-state index contributed by atoms with van der Waals surface area (Å²) >= 11 is 0. The summed E-state index contributed by atoms with van der Waals surface area (Å²) in [5, 5.41) is 6.11. The van der Waals surface area contributed by atoms with E-state index in [9.17, 15) is 9.59 Å². The molecule has 1 saturated heterocycles. The number of anilines is 1. The van der Waals surface area contributed by atoms with Crippen molar-refractivity contribution in [3.05, 3.63) is 59.9 Å². The molecule has 1 aliphatic rings. The van der Waals surface area contributed by atoms with Crippen molar-refractivity contribution in [3.8, 4) is 0 Å². The van der Waals surface area contributed by atoms with Gasteiger partial charge in [-0.3, -0.25) is 9.78 Å². The molecular weight excluding hydrogens is 330 g/mol. The first kappa shape index (κ1) is 17.9. The van der Waals surface area contributed by atoms with E-state index in [4.69, 9.17) is 0 Å². The van der Waals surface area contributed by atoms with E-state index in [1.54, 1.807) is 50.8 Å². The van der Waals surface area contributed by atoms with Crippen LogP contribution in [-0.4, -0.2) is 60.5 Å². The molecule has 2 N–H and O–H groups in total. The van der Waals surface area contributed by atoms with E-state index in [-0.39, 0.29) is 18.0 Å². The lowest BCUT2D eigenvalue weighted by Crippen LogP contribution is -2.48. The molecule has 136 valence electrons. The summed E-state index contributed by atoms with van der Waals surface area (Å²) < 4.78 is 0. The molecule has 0 spiro atoms. The molecule has 1 unspecified atom stereocenters. The number of nitrogens with one attached hydrogen (secondary N) is 2. The number of nitrogens with zero attached hydrogens (tertiary/aromatic N) is 3. The Bertz CT molecular complexity index is 779. The Kier molecular flexibility index (Phi) is 5.48. The van der Waals surface area contributed by atoms with Crippen molar-refractivity contribution in [2.24, 2.45) is 0 Å². The second-order valence-corrected chi connectivity index (χ2v) is 6.41. The van der Waals surface area contributed by atoms with Crippen molar-refractivity contribution in [2.75, 3.05) is 39.0 Å². The highest BCUT2D eigenvalue weighted by Gasteiger charge is 2.28. The molecule has 7 nitrogen and oxygen atoms in total. The summed E-state index contributed by atoms with van der Waals surface area (Å²) in [4.78, 5) is 32.4. The Morgan fingerprint density at radius 1 is 1.27 bits per heavy atom. The van der Waals surface area contributed by atoms with Gasteiger partial charge in [0.25, 0.3) is 5.91 Å². The minimum atomic E-state index is -0.231. The van der Waals surface area contributed by atoms with Gasteiger partial charge in [0.1, 0.15) is 0 Å². The van der Waals surface area contributed by atoms with Crippen LogP contribution in [0.2, 0.25) is 0 Å². The summed E-state index contributed by atoms with van der Waals surface area (Å²) in [5.74, 6) is -0.0543. The lowest BCUT2D eigenvalue weighted by atomic mass is 10.0. The second-order valence-electron chi connectivity index (χ2n) is 6.41. The number of rotatable bonds is 3. The number of hydrogen-bond acceptors (Lipinski definition) is 4. The fraction of sp³-hybridized carbons (Fsp3) is 0.316. The van der Waals surface area contributed by atoms with Gasteiger partial charge < -0.3 is 20.4 Å². The van der Waals surface area contributed by atoms with Gasteiger partial charge in [-0.2, -0.15) is 0 Å². The summed E-state index contributed by atoms with van der Waals surface area (Å²) in [6.45, 7) is 2.06. The lowest BCUT2D eigenvalue weighted by molar-refractivity contribution is 0.0634. The first-order valence-corrected chi connectivity index (χ1v) is 8.56. The Morgan fingerprint density at radius 3 is 2.85 bits per heavy atom. The van der Waals surface area contributed by atoms with Gasteiger partial charge in [0.05, 0.1) is 6.04 Å². The highest BCUT2D eigenvalue weighted by Crippen LogP contribution is 2.24. The van der Waals surface area contributed by atoms with Crippen molar-refractivity contribution in [2.45, 2.75) is 6.04 Å². The summed E-state index contributed by atoms with van der Waals surface area (Å²) in [6, 6.07) is 10.6. The molecule has 1 aromatic carbocycles. The average Bonchev–Trinajstić information content (AvgIpc) is 2.68. The number of benzene rings is 1. The van der Waals surface area contributed by atoms with Crippen molar-refractivity contribution in [3.63, 3.8) is 0 Å². The van der Waals surface area contributed by atoms with Gasteiger partial charge in [-0.05, 0) is 29.8 Å². The summed E-state index contributed by atoms with van der Waals surface area (Å²) in [5.41, 5.74) is 2.16. The normalized spacial score (nSPS) is 16.8. The standard InChI is InChI=1S/C19H23N5O2/c1-23(2)19(26)22-16-7-3-5-14(11-16)18(25)24-10-9-21-13-17(24)15-6-4-8-20-12-15/h3-8,11-12,17,21H,9-10,13H2,1-2H3,(H,22,26). The van der Waals surface area contributed by atoms with Crippen molar-refractivity contribution in [1.82, 2.24) is 20.1 Å². The molecule has 1 aromatic heterocycles. The zero-order valence-corrected chi connectivity index (χ0v) is 15.0. The number of pyridine rings is 1. The molecule has 0 saturated carbocycles. The number of aromatic nitrogens is 1. The van der Waals surface area contributed by atoms with Crippen molar-refractivity contribution in [1.29, 1.82) is 0 Å². The number of urea groups is 1. The van der Waals surface area contributed by atoms with Crippen LogP contribution in [0.4, 0.5) is 10.5 Å². The average molecular weight is 353 g/mol. The third-order valence-electron chi connectivity index (χ3n) is 4.34. The minimum absolute atomic E-state index is 0.0543. The van der Waals surface area contributed by atoms with Crippen LogP contribution in [0.25, 0.3) is 0 Å². The molecule has 2 aromatic rings. The van der Waals surface area contributed by atoms with Crippen molar-refractivity contribution < 1.29 is 9.59 Å². The van der Waals surface area contributed by atoms with Crippen LogP contribution in [0.5, 0.6) is 0 Å². The quantitative estimate of drug-likeness (QED) is 0.884. The molecular formula is C19H23N5O2. The molecule has 3 rings (SSSR count). The number of hydrogen-bond donors (Lipinski definition) is 2. The fourth-order valence-corrected chi connectivity index (χ4v) is 2.95. The predicted molar refractivity (Wildman–Crippen MR) is 100 cm³/mol. The van der Waals surface area contributed by atoms with Gasteiger partial charge in [0.15, 0.2) is 0 Å². The van der Waals surface area contributed by atoms with Gasteiger partial charge in [0.2, 0.25) is 0 Å². The van der Waals surface area contributed by atoms with E-state index in [2.05, 4.69) is 15.6 Å². The smallest absolute Gasteiger partial charge is 0.321 e. The van der Waals surface area contributed by atoms with Gasteiger partial charge in [-0.15, -0.1) is 0 Å². The minimum Gasteiger partial charge on any atom is -0.331 e. The number of carbonyl (C=O) groups is 2. The van der Waals surface area contributed by atoms with Gasteiger partial charge in [-0.1, -0.05) is 12.1 Å². The highest BCUT2D eigenvalue weighted by molar-refractivity contribution is 5.97.